The van der Waals surface area contributed by atoms with Crippen LogP contribution < -0.4 is 10.6 Å². The minimum absolute atomic E-state index is 0. The van der Waals surface area contributed by atoms with Crippen molar-refractivity contribution >= 4 is 35.8 Å². The molecule has 1 amide bonds. The standard InChI is InChI=1S/C17H32N4O.HI/c1-5-18-15(20-11-10-19-14(22)16(2,3)4)21-12-9-17(13-21)7-6-8-17;/h5-13H2,1-4H3,(H,18,20)(H,19,22);1H. The molecule has 23 heavy (non-hydrogen) atoms. The fourth-order valence-electron chi connectivity index (χ4n) is 3.22. The second-order valence-electron chi connectivity index (χ2n) is 7.77. The number of carbonyl (C=O) groups is 1. The number of nitrogens with one attached hydrogen (secondary N) is 2. The lowest BCUT2D eigenvalue weighted by Gasteiger charge is -2.38. The zero-order valence-corrected chi connectivity index (χ0v) is 17.4. The number of aliphatic imine (C=N–C) groups is 1. The summed E-state index contributed by atoms with van der Waals surface area (Å²) in [5.41, 5.74) is 0.246. The lowest BCUT2D eigenvalue weighted by Crippen LogP contribution is -2.43. The van der Waals surface area contributed by atoms with E-state index in [0.29, 0.717) is 18.5 Å². The normalized spacial score (nSPS) is 20.0. The van der Waals surface area contributed by atoms with E-state index in [4.69, 9.17) is 4.99 Å². The first-order valence-corrected chi connectivity index (χ1v) is 8.68. The van der Waals surface area contributed by atoms with Gasteiger partial charge in [-0.25, -0.2) is 0 Å². The van der Waals surface area contributed by atoms with Gasteiger partial charge in [0.05, 0.1) is 6.54 Å². The van der Waals surface area contributed by atoms with Gasteiger partial charge in [-0.05, 0) is 31.6 Å². The summed E-state index contributed by atoms with van der Waals surface area (Å²) in [7, 11) is 0. The highest BCUT2D eigenvalue weighted by Crippen LogP contribution is 2.47. The van der Waals surface area contributed by atoms with Gasteiger partial charge in [-0.15, -0.1) is 24.0 Å². The Hall–Kier alpha value is -0.530. The quantitative estimate of drug-likeness (QED) is 0.308. The van der Waals surface area contributed by atoms with Crippen molar-refractivity contribution in [3.05, 3.63) is 0 Å². The van der Waals surface area contributed by atoms with Crippen LogP contribution in [0.5, 0.6) is 0 Å². The lowest BCUT2D eigenvalue weighted by atomic mass is 9.68. The number of likely N-dealkylation sites (tertiary alicyclic amines) is 1. The highest BCUT2D eigenvalue weighted by Gasteiger charge is 2.43. The van der Waals surface area contributed by atoms with E-state index in [1.807, 2.05) is 20.8 Å². The Morgan fingerprint density at radius 1 is 1.22 bits per heavy atom. The molecule has 1 heterocycles. The van der Waals surface area contributed by atoms with Crippen LogP contribution in [0.15, 0.2) is 4.99 Å². The molecule has 1 spiro atoms. The molecule has 0 unspecified atom stereocenters. The summed E-state index contributed by atoms with van der Waals surface area (Å²) in [5.74, 6) is 1.10. The van der Waals surface area contributed by atoms with Gasteiger partial charge < -0.3 is 15.5 Å². The molecule has 2 rings (SSSR count). The van der Waals surface area contributed by atoms with Crippen LogP contribution in [0, 0.1) is 10.8 Å². The van der Waals surface area contributed by atoms with Crippen molar-refractivity contribution in [3.8, 4) is 0 Å². The van der Waals surface area contributed by atoms with Crippen LogP contribution in [-0.4, -0.2) is 49.5 Å². The topological polar surface area (TPSA) is 56.7 Å². The molecular weight excluding hydrogens is 403 g/mol. The Bertz CT molecular complexity index is 427. The van der Waals surface area contributed by atoms with E-state index < -0.39 is 0 Å². The monoisotopic (exact) mass is 436 g/mol. The maximum Gasteiger partial charge on any atom is 0.225 e. The molecule has 0 bridgehead atoms. The third kappa shape index (κ3) is 5.50. The minimum atomic E-state index is -0.334. The van der Waals surface area contributed by atoms with Crippen molar-refractivity contribution in [1.29, 1.82) is 0 Å². The largest absolute Gasteiger partial charge is 0.357 e. The SMILES string of the molecule is CCNC(=NCCNC(=O)C(C)(C)C)N1CCC2(CCC2)C1.I. The molecular formula is C17H33IN4O. The van der Waals surface area contributed by atoms with E-state index in [1.54, 1.807) is 0 Å². The molecule has 1 saturated carbocycles. The van der Waals surface area contributed by atoms with Crippen molar-refractivity contribution in [2.24, 2.45) is 15.8 Å². The van der Waals surface area contributed by atoms with Gasteiger partial charge in [-0.3, -0.25) is 9.79 Å². The first-order chi connectivity index (χ1) is 10.4. The van der Waals surface area contributed by atoms with Crippen LogP contribution in [0.1, 0.15) is 53.4 Å². The summed E-state index contributed by atoms with van der Waals surface area (Å²) in [6, 6.07) is 0. The molecule has 2 aliphatic rings. The molecule has 0 aromatic heterocycles. The number of guanidine groups is 1. The van der Waals surface area contributed by atoms with E-state index in [0.717, 1.165) is 25.6 Å². The van der Waals surface area contributed by atoms with E-state index in [-0.39, 0.29) is 35.3 Å². The number of hydrogen-bond acceptors (Lipinski definition) is 2. The zero-order valence-electron chi connectivity index (χ0n) is 15.1. The summed E-state index contributed by atoms with van der Waals surface area (Å²) in [6.45, 7) is 12.3. The molecule has 1 aliphatic carbocycles. The predicted octanol–water partition coefficient (Wildman–Crippen LogP) is 2.61. The van der Waals surface area contributed by atoms with Gasteiger partial charge in [-0.1, -0.05) is 27.2 Å². The molecule has 134 valence electrons. The Labute approximate surface area is 158 Å². The average Bonchev–Trinajstić information content (AvgIpc) is 2.86. The summed E-state index contributed by atoms with van der Waals surface area (Å²) in [6.07, 6.45) is 5.45. The van der Waals surface area contributed by atoms with E-state index in [1.165, 1.54) is 25.7 Å². The Kier molecular flexibility index (Phi) is 7.61. The molecule has 0 atom stereocenters. The van der Waals surface area contributed by atoms with Gasteiger partial charge in [0.1, 0.15) is 0 Å². The second-order valence-corrected chi connectivity index (χ2v) is 7.77. The maximum atomic E-state index is 11.8. The highest BCUT2D eigenvalue weighted by molar-refractivity contribution is 14.0. The number of halogens is 1. The third-order valence-electron chi connectivity index (χ3n) is 4.83. The summed E-state index contributed by atoms with van der Waals surface area (Å²) >= 11 is 0. The van der Waals surface area contributed by atoms with Gasteiger partial charge in [-0.2, -0.15) is 0 Å². The number of rotatable bonds is 4. The highest BCUT2D eigenvalue weighted by atomic mass is 127. The van der Waals surface area contributed by atoms with Crippen molar-refractivity contribution < 1.29 is 4.79 Å². The van der Waals surface area contributed by atoms with Gasteiger partial charge in [0.15, 0.2) is 5.96 Å². The summed E-state index contributed by atoms with van der Waals surface area (Å²) in [4.78, 5) is 18.9. The van der Waals surface area contributed by atoms with Crippen molar-refractivity contribution in [2.45, 2.75) is 53.4 Å². The van der Waals surface area contributed by atoms with E-state index >= 15 is 0 Å². The molecule has 0 aromatic carbocycles. The van der Waals surface area contributed by atoms with Crippen molar-refractivity contribution in [1.82, 2.24) is 15.5 Å². The number of amides is 1. The van der Waals surface area contributed by atoms with Crippen LogP contribution in [0.2, 0.25) is 0 Å². The molecule has 0 radical (unpaired) electrons. The van der Waals surface area contributed by atoms with E-state index in [9.17, 15) is 4.79 Å². The van der Waals surface area contributed by atoms with Gasteiger partial charge in [0.2, 0.25) is 5.91 Å². The lowest BCUT2D eigenvalue weighted by molar-refractivity contribution is -0.128. The summed E-state index contributed by atoms with van der Waals surface area (Å²) < 4.78 is 0. The van der Waals surface area contributed by atoms with Crippen LogP contribution in [0.25, 0.3) is 0 Å². The molecule has 1 saturated heterocycles. The average molecular weight is 436 g/mol. The second kappa shape index (κ2) is 8.53. The van der Waals surface area contributed by atoms with Gasteiger partial charge in [0, 0.05) is 31.6 Å². The fourth-order valence-corrected chi connectivity index (χ4v) is 3.22. The summed E-state index contributed by atoms with van der Waals surface area (Å²) in [5, 5.41) is 6.35. The minimum Gasteiger partial charge on any atom is -0.357 e. The van der Waals surface area contributed by atoms with Gasteiger partial charge in [0.25, 0.3) is 0 Å². The zero-order chi connectivity index (χ0) is 16.2. The van der Waals surface area contributed by atoms with Crippen LogP contribution in [-0.2, 0) is 4.79 Å². The number of hydrogen-bond donors (Lipinski definition) is 2. The smallest absolute Gasteiger partial charge is 0.225 e. The Balaban J connectivity index is 0.00000264. The van der Waals surface area contributed by atoms with E-state index in [2.05, 4.69) is 22.5 Å². The van der Waals surface area contributed by atoms with Crippen molar-refractivity contribution in [2.75, 3.05) is 32.7 Å². The first-order valence-electron chi connectivity index (χ1n) is 8.68. The predicted molar refractivity (Wildman–Crippen MR) is 106 cm³/mol. The molecule has 5 nitrogen and oxygen atoms in total. The van der Waals surface area contributed by atoms with Crippen LogP contribution >= 0.6 is 24.0 Å². The first kappa shape index (κ1) is 20.5. The van der Waals surface area contributed by atoms with Gasteiger partial charge >= 0.3 is 0 Å². The number of nitrogens with zero attached hydrogens (tertiary/aromatic N) is 2. The third-order valence-corrected chi connectivity index (χ3v) is 4.83. The van der Waals surface area contributed by atoms with Crippen LogP contribution in [0.3, 0.4) is 0 Å². The Morgan fingerprint density at radius 2 is 1.91 bits per heavy atom. The molecule has 2 fully saturated rings. The molecule has 0 aromatic rings. The molecule has 2 N–H and O–H groups in total. The van der Waals surface area contributed by atoms with Crippen LogP contribution in [0.4, 0.5) is 0 Å². The maximum absolute atomic E-state index is 11.8. The fraction of sp³-hybridized carbons (Fsp3) is 0.882. The molecule has 6 heteroatoms. The molecule has 1 aliphatic heterocycles. The number of carbonyl (C=O) groups excluding carboxylic acids is 1. The van der Waals surface area contributed by atoms with Crippen molar-refractivity contribution in [3.63, 3.8) is 0 Å². The Morgan fingerprint density at radius 3 is 2.39 bits per heavy atom.